The molecule has 0 spiro atoms. The van der Waals surface area contributed by atoms with Crippen molar-refractivity contribution in [1.82, 2.24) is 5.32 Å². The number of hydrogen-bond donors (Lipinski definition) is 2. The van der Waals surface area contributed by atoms with Crippen LogP contribution < -0.4 is 10.2 Å². The first-order valence-corrected chi connectivity index (χ1v) is 6.81. The molecule has 0 radical (unpaired) electrons. The summed E-state index contributed by atoms with van der Waals surface area (Å²) in [5.41, 5.74) is 1.96. The smallest absolute Gasteiger partial charge is 0.0765 e. The third-order valence-corrected chi connectivity index (χ3v) is 3.37. The van der Waals surface area contributed by atoms with E-state index < -0.39 is 5.60 Å². The SMILES string of the molecule is CCNC1CCN(CC(C)(C)O)c2ccccc21. The van der Waals surface area contributed by atoms with Crippen LogP contribution in [-0.2, 0) is 0 Å². The van der Waals surface area contributed by atoms with Crippen LogP contribution in [0, 0.1) is 0 Å². The molecule has 2 rings (SSSR count). The van der Waals surface area contributed by atoms with Crippen molar-refractivity contribution < 1.29 is 5.11 Å². The van der Waals surface area contributed by atoms with Gasteiger partial charge in [-0.15, -0.1) is 0 Å². The summed E-state index contributed by atoms with van der Waals surface area (Å²) in [6, 6.07) is 8.97. The number of β-amino-alcohol motifs (C(OH)–C–C–N with tert-alkyl or cyclic N) is 1. The van der Waals surface area contributed by atoms with Crippen molar-refractivity contribution in [3.8, 4) is 0 Å². The van der Waals surface area contributed by atoms with Crippen molar-refractivity contribution in [3.63, 3.8) is 0 Å². The van der Waals surface area contributed by atoms with E-state index in [0.29, 0.717) is 12.6 Å². The van der Waals surface area contributed by atoms with Gasteiger partial charge >= 0.3 is 0 Å². The fourth-order valence-corrected chi connectivity index (χ4v) is 2.72. The molecule has 1 aliphatic heterocycles. The molecule has 1 aromatic rings. The molecule has 0 aliphatic carbocycles. The van der Waals surface area contributed by atoms with E-state index >= 15 is 0 Å². The molecule has 2 N–H and O–H groups in total. The molecule has 0 saturated carbocycles. The maximum absolute atomic E-state index is 10.0. The molecule has 100 valence electrons. The van der Waals surface area contributed by atoms with Crippen LogP contribution in [-0.4, -0.2) is 30.3 Å². The van der Waals surface area contributed by atoms with Crippen molar-refractivity contribution >= 4 is 5.69 Å². The lowest BCUT2D eigenvalue weighted by atomic mass is 9.95. The quantitative estimate of drug-likeness (QED) is 0.858. The van der Waals surface area contributed by atoms with E-state index in [1.807, 2.05) is 13.8 Å². The number of nitrogens with zero attached hydrogens (tertiary/aromatic N) is 1. The van der Waals surface area contributed by atoms with Crippen LogP contribution in [0.3, 0.4) is 0 Å². The summed E-state index contributed by atoms with van der Waals surface area (Å²) in [6.45, 7) is 8.55. The van der Waals surface area contributed by atoms with Gasteiger partial charge in [0.2, 0.25) is 0 Å². The molecular weight excluding hydrogens is 224 g/mol. The molecule has 18 heavy (non-hydrogen) atoms. The topological polar surface area (TPSA) is 35.5 Å². The zero-order chi connectivity index (χ0) is 13.2. The van der Waals surface area contributed by atoms with E-state index in [1.54, 1.807) is 0 Å². The summed E-state index contributed by atoms with van der Waals surface area (Å²) in [7, 11) is 0. The highest BCUT2D eigenvalue weighted by Gasteiger charge is 2.27. The first-order chi connectivity index (χ1) is 8.51. The van der Waals surface area contributed by atoms with Crippen LogP contribution in [0.5, 0.6) is 0 Å². The second kappa shape index (κ2) is 5.29. The van der Waals surface area contributed by atoms with Gasteiger partial charge in [-0.05, 0) is 38.4 Å². The van der Waals surface area contributed by atoms with Crippen molar-refractivity contribution in [2.45, 2.75) is 38.8 Å². The van der Waals surface area contributed by atoms with Gasteiger partial charge in [0.1, 0.15) is 0 Å². The number of aliphatic hydroxyl groups is 1. The Bertz CT molecular complexity index is 398. The summed E-state index contributed by atoms with van der Waals surface area (Å²) >= 11 is 0. The molecule has 3 heteroatoms. The number of para-hydroxylation sites is 1. The average Bonchev–Trinajstić information content (AvgIpc) is 2.31. The van der Waals surface area contributed by atoms with E-state index in [9.17, 15) is 5.11 Å². The van der Waals surface area contributed by atoms with E-state index in [2.05, 4.69) is 41.4 Å². The Labute approximate surface area is 110 Å². The molecule has 0 saturated heterocycles. The van der Waals surface area contributed by atoms with Crippen LogP contribution in [0.4, 0.5) is 5.69 Å². The van der Waals surface area contributed by atoms with E-state index in [-0.39, 0.29) is 0 Å². The highest BCUT2D eigenvalue weighted by molar-refractivity contribution is 5.57. The number of anilines is 1. The minimum Gasteiger partial charge on any atom is -0.389 e. The predicted molar refractivity (Wildman–Crippen MR) is 76.0 cm³/mol. The number of rotatable bonds is 4. The average molecular weight is 248 g/mol. The first-order valence-electron chi connectivity index (χ1n) is 6.81. The lowest BCUT2D eigenvalue weighted by molar-refractivity contribution is 0.0866. The van der Waals surface area contributed by atoms with Gasteiger partial charge in [-0.1, -0.05) is 25.1 Å². The number of benzene rings is 1. The summed E-state index contributed by atoms with van der Waals surface area (Å²) in [5, 5.41) is 13.5. The van der Waals surface area contributed by atoms with E-state index in [1.165, 1.54) is 11.3 Å². The van der Waals surface area contributed by atoms with Gasteiger partial charge in [0.25, 0.3) is 0 Å². The zero-order valence-corrected chi connectivity index (χ0v) is 11.6. The monoisotopic (exact) mass is 248 g/mol. The summed E-state index contributed by atoms with van der Waals surface area (Å²) in [4.78, 5) is 2.29. The molecule has 0 fully saturated rings. The van der Waals surface area contributed by atoms with Crippen molar-refractivity contribution in [3.05, 3.63) is 29.8 Å². The van der Waals surface area contributed by atoms with Gasteiger partial charge in [-0.2, -0.15) is 0 Å². The number of fused-ring (bicyclic) bond motifs is 1. The Morgan fingerprint density at radius 1 is 1.39 bits per heavy atom. The minimum atomic E-state index is -0.655. The normalized spacial score (nSPS) is 19.8. The highest BCUT2D eigenvalue weighted by atomic mass is 16.3. The number of nitrogens with one attached hydrogen (secondary N) is 1. The lowest BCUT2D eigenvalue weighted by Crippen LogP contribution is -2.43. The molecule has 1 atom stereocenters. The Balaban J connectivity index is 2.25. The standard InChI is InChI=1S/C15H24N2O/c1-4-16-13-9-10-17(11-15(2,3)18)14-8-6-5-7-12(13)14/h5-8,13,16,18H,4,9-11H2,1-3H3. The molecule has 0 bridgehead atoms. The molecular formula is C15H24N2O. The van der Waals surface area contributed by atoms with Crippen LogP contribution in [0.15, 0.2) is 24.3 Å². The van der Waals surface area contributed by atoms with Gasteiger partial charge in [0.15, 0.2) is 0 Å². The van der Waals surface area contributed by atoms with Crippen LogP contribution >= 0.6 is 0 Å². The van der Waals surface area contributed by atoms with Gasteiger partial charge in [-0.3, -0.25) is 0 Å². The van der Waals surface area contributed by atoms with Crippen LogP contribution in [0.2, 0.25) is 0 Å². The molecule has 0 aromatic heterocycles. The zero-order valence-electron chi connectivity index (χ0n) is 11.6. The molecule has 1 aliphatic rings. The fourth-order valence-electron chi connectivity index (χ4n) is 2.72. The molecule has 1 heterocycles. The maximum Gasteiger partial charge on any atom is 0.0765 e. The summed E-state index contributed by atoms with van der Waals surface area (Å²) < 4.78 is 0. The van der Waals surface area contributed by atoms with Gasteiger partial charge < -0.3 is 15.3 Å². The van der Waals surface area contributed by atoms with Crippen molar-refractivity contribution in [1.29, 1.82) is 0 Å². The minimum absolute atomic E-state index is 0.448. The molecule has 1 aromatic carbocycles. The molecule has 1 unspecified atom stereocenters. The van der Waals surface area contributed by atoms with E-state index in [0.717, 1.165) is 19.5 Å². The molecule has 0 amide bonds. The lowest BCUT2D eigenvalue weighted by Gasteiger charge is -2.38. The Morgan fingerprint density at radius 2 is 2.11 bits per heavy atom. The Hall–Kier alpha value is -1.06. The first kappa shape index (κ1) is 13.4. The van der Waals surface area contributed by atoms with E-state index in [4.69, 9.17) is 0 Å². The van der Waals surface area contributed by atoms with Gasteiger partial charge in [0.05, 0.1) is 5.60 Å². The Kier molecular flexibility index (Phi) is 3.93. The second-order valence-corrected chi connectivity index (χ2v) is 5.69. The Morgan fingerprint density at radius 3 is 2.78 bits per heavy atom. The highest BCUT2D eigenvalue weighted by Crippen LogP contribution is 2.34. The molecule has 3 nitrogen and oxygen atoms in total. The summed E-state index contributed by atoms with van der Waals surface area (Å²) in [6.07, 6.45) is 1.10. The van der Waals surface area contributed by atoms with Crippen LogP contribution in [0.1, 0.15) is 38.8 Å². The van der Waals surface area contributed by atoms with Crippen molar-refractivity contribution in [2.24, 2.45) is 0 Å². The fraction of sp³-hybridized carbons (Fsp3) is 0.600. The largest absolute Gasteiger partial charge is 0.389 e. The number of hydrogen-bond acceptors (Lipinski definition) is 3. The summed E-state index contributed by atoms with van der Waals surface area (Å²) in [5.74, 6) is 0. The second-order valence-electron chi connectivity index (χ2n) is 5.69. The van der Waals surface area contributed by atoms with Gasteiger partial charge in [-0.25, -0.2) is 0 Å². The maximum atomic E-state index is 10.0. The van der Waals surface area contributed by atoms with Crippen LogP contribution in [0.25, 0.3) is 0 Å². The third-order valence-electron chi connectivity index (χ3n) is 3.37. The van der Waals surface area contributed by atoms with Crippen molar-refractivity contribution in [2.75, 3.05) is 24.5 Å². The third kappa shape index (κ3) is 3.03. The van der Waals surface area contributed by atoms with Gasteiger partial charge in [0, 0.05) is 24.8 Å². The predicted octanol–water partition coefficient (Wildman–Crippen LogP) is 2.32.